The molecule has 0 bridgehead atoms. The quantitative estimate of drug-likeness (QED) is 0.816. The monoisotopic (exact) mass is 281 g/mol. The SMILES string of the molecule is CC(C1CC1)N(C)CC(=O)Nc1cc(N)ccc1Cl. The van der Waals surface area contributed by atoms with Gasteiger partial charge in [-0.3, -0.25) is 9.69 Å². The molecule has 1 fully saturated rings. The van der Waals surface area contributed by atoms with Crippen molar-refractivity contribution in [3.8, 4) is 0 Å². The molecule has 19 heavy (non-hydrogen) atoms. The smallest absolute Gasteiger partial charge is 0.238 e. The number of hydrogen-bond donors (Lipinski definition) is 2. The Balaban J connectivity index is 1.91. The number of rotatable bonds is 5. The van der Waals surface area contributed by atoms with Crippen LogP contribution in [0.3, 0.4) is 0 Å². The minimum absolute atomic E-state index is 0.0671. The van der Waals surface area contributed by atoms with Gasteiger partial charge in [0.25, 0.3) is 0 Å². The zero-order valence-electron chi connectivity index (χ0n) is 11.3. The number of hydrogen-bond acceptors (Lipinski definition) is 3. The second-order valence-corrected chi connectivity index (χ2v) is 5.69. The second kappa shape index (κ2) is 5.80. The highest BCUT2D eigenvalue weighted by atomic mass is 35.5. The van der Waals surface area contributed by atoms with E-state index in [9.17, 15) is 4.79 Å². The van der Waals surface area contributed by atoms with Crippen LogP contribution in [-0.2, 0) is 4.79 Å². The first kappa shape index (κ1) is 14.2. The van der Waals surface area contributed by atoms with E-state index in [4.69, 9.17) is 17.3 Å². The van der Waals surface area contributed by atoms with Crippen LogP contribution in [0, 0.1) is 5.92 Å². The Hall–Kier alpha value is -1.26. The number of benzene rings is 1. The van der Waals surface area contributed by atoms with E-state index in [1.54, 1.807) is 18.2 Å². The highest BCUT2D eigenvalue weighted by Crippen LogP contribution is 2.34. The summed E-state index contributed by atoms with van der Waals surface area (Å²) in [5.74, 6) is 0.677. The molecule has 0 saturated heterocycles. The van der Waals surface area contributed by atoms with Crippen LogP contribution >= 0.6 is 11.6 Å². The van der Waals surface area contributed by atoms with E-state index in [0.717, 1.165) is 5.92 Å². The summed E-state index contributed by atoms with van der Waals surface area (Å²) in [6.45, 7) is 2.53. The number of nitrogens with two attached hydrogens (primary N) is 1. The summed E-state index contributed by atoms with van der Waals surface area (Å²) in [5.41, 5.74) is 6.83. The van der Waals surface area contributed by atoms with E-state index in [0.29, 0.717) is 29.0 Å². The first-order valence-electron chi connectivity index (χ1n) is 6.52. The van der Waals surface area contributed by atoms with E-state index in [1.807, 2.05) is 7.05 Å². The fraction of sp³-hybridized carbons (Fsp3) is 0.500. The van der Waals surface area contributed by atoms with E-state index in [2.05, 4.69) is 17.1 Å². The van der Waals surface area contributed by atoms with Crippen LogP contribution in [0.4, 0.5) is 11.4 Å². The summed E-state index contributed by atoms with van der Waals surface area (Å²) in [5, 5.41) is 3.30. The van der Waals surface area contributed by atoms with Crippen LogP contribution in [0.15, 0.2) is 18.2 Å². The maximum Gasteiger partial charge on any atom is 0.238 e. The fourth-order valence-electron chi connectivity index (χ4n) is 2.14. The maximum atomic E-state index is 12.0. The van der Waals surface area contributed by atoms with Gasteiger partial charge in [0.15, 0.2) is 0 Å². The van der Waals surface area contributed by atoms with E-state index < -0.39 is 0 Å². The third kappa shape index (κ3) is 3.85. The predicted molar refractivity (Wildman–Crippen MR) is 79.3 cm³/mol. The molecule has 1 saturated carbocycles. The van der Waals surface area contributed by atoms with Crippen LogP contribution in [0.25, 0.3) is 0 Å². The molecule has 0 heterocycles. The standard InChI is InChI=1S/C14H20ClN3O/c1-9(10-3-4-10)18(2)8-14(19)17-13-7-11(16)5-6-12(13)15/h5-7,9-10H,3-4,8,16H2,1-2H3,(H,17,19). The number of carbonyl (C=O) groups is 1. The van der Waals surface area contributed by atoms with Crippen molar-refractivity contribution in [2.75, 3.05) is 24.6 Å². The first-order chi connectivity index (χ1) is 8.97. The molecule has 0 radical (unpaired) electrons. The van der Waals surface area contributed by atoms with E-state index in [-0.39, 0.29) is 5.91 Å². The Morgan fingerprint density at radius 2 is 2.26 bits per heavy atom. The van der Waals surface area contributed by atoms with Crippen LogP contribution in [-0.4, -0.2) is 30.4 Å². The molecule has 0 aliphatic heterocycles. The molecule has 2 rings (SSSR count). The molecule has 1 atom stereocenters. The largest absolute Gasteiger partial charge is 0.399 e. The molecule has 5 heteroatoms. The molecule has 1 unspecified atom stereocenters. The van der Waals surface area contributed by atoms with Crippen molar-refractivity contribution < 1.29 is 4.79 Å². The van der Waals surface area contributed by atoms with Gasteiger partial charge in [-0.25, -0.2) is 0 Å². The van der Waals surface area contributed by atoms with Crippen LogP contribution in [0.1, 0.15) is 19.8 Å². The van der Waals surface area contributed by atoms with Crippen LogP contribution in [0.2, 0.25) is 5.02 Å². The van der Waals surface area contributed by atoms with Gasteiger partial charge in [0.2, 0.25) is 5.91 Å². The van der Waals surface area contributed by atoms with Gasteiger partial charge in [0, 0.05) is 11.7 Å². The summed E-state index contributed by atoms with van der Waals surface area (Å²) in [7, 11) is 1.98. The second-order valence-electron chi connectivity index (χ2n) is 5.28. The van der Waals surface area contributed by atoms with Crippen molar-refractivity contribution in [1.82, 2.24) is 4.90 Å². The van der Waals surface area contributed by atoms with Crippen molar-refractivity contribution in [2.45, 2.75) is 25.8 Å². The Morgan fingerprint density at radius 1 is 1.58 bits per heavy atom. The maximum absolute atomic E-state index is 12.0. The fourth-order valence-corrected chi connectivity index (χ4v) is 2.30. The molecular formula is C14H20ClN3O. The van der Waals surface area contributed by atoms with Crippen molar-refractivity contribution in [2.24, 2.45) is 5.92 Å². The van der Waals surface area contributed by atoms with Crippen molar-refractivity contribution >= 4 is 28.9 Å². The zero-order valence-corrected chi connectivity index (χ0v) is 12.1. The lowest BCUT2D eigenvalue weighted by Crippen LogP contribution is -2.37. The minimum atomic E-state index is -0.0671. The summed E-state index contributed by atoms with van der Waals surface area (Å²) in [6.07, 6.45) is 2.54. The van der Waals surface area contributed by atoms with Crippen molar-refractivity contribution in [3.05, 3.63) is 23.2 Å². The molecule has 1 aliphatic carbocycles. The molecule has 0 aromatic heterocycles. The number of nitrogens with zero attached hydrogens (tertiary/aromatic N) is 1. The molecule has 1 aliphatic rings. The van der Waals surface area contributed by atoms with Crippen molar-refractivity contribution in [1.29, 1.82) is 0 Å². The number of carbonyl (C=O) groups excluding carboxylic acids is 1. The molecule has 0 spiro atoms. The van der Waals surface area contributed by atoms with Gasteiger partial charge in [-0.1, -0.05) is 11.6 Å². The normalized spacial score (nSPS) is 16.4. The van der Waals surface area contributed by atoms with Crippen LogP contribution in [0.5, 0.6) is 0 Å². The van der Waals surface area contributed by atoms with Gasteiger partial charge in [0.05, 0.1) is 17.3 Å². The number of halogens is 1. The minimum Gasteiger partial charge on any atom is -0.399 e. The lowest BCUT2D eigenvalue weighted by atomic mass is 10.2. The topological polar surface area (TPSA) is 58.4 Å². The Kier molecular flexibility index (Phi) is 4.32. The summed E-state index contributed by atoms with van der Waals surface area (Å²) >= 11 is 6.02. The summed E-state index contributed by atoms with van der Waals surface area (Å²) < 4.78 is 0. The third-order valence-corrected chi connectivity index (χ3v) is 3.99. The summed E-state index contributed by atoms with van der Waals surface area (Å²) in [6, 6.07) is 5.51. The van der Waals surface area contributed by atoms with Gasteiger partial charge in [-0.05, 0) is 50.9 Å². The van der Waals surface area contributed by atoms with E-state index >= 15 is 0 Å². The van der Waals surface area contributed by atoms with Gasteiger partial charge < -0.3 is 11.1 Å². The van der Waals surface area contributed by atoms with Gasteiger partial charge in [-0.2, -0.15) is 0 Å². The zero-order chi connectivity index (χ0) is 14.0. The van der Waals surface area contributed by atoms with Gasteiger partial charge >= 0.3 is 0 Å². The summed E-state index contributed by atoms with van der Waals surface area (Å²) in [4.78, 5) is 14.1. The number of nitrogens with one attached hydrogen (secondary N) is 1. The number of amides is 1. The lowest BCUT2D eigenvalue weighted by molar-refractivity contribution is -0.117. The average molecular weight is 282 g/mol. The Morgan fingerprint density at radius 3 is 2.89 bits per heavy atom. The molecular weight excluding hydrogens is 262 g/mol. The molecule has 3 N–H and O–H groups in total. The van der Waals surface area contributed by atoms with E-state index in [1.165, 1.54) is 12.8 Å². The average Bonchev–Trinajstić information content (AvgIpc) is 3.16. The molecule has 1 amide bonds. The molecule has 1 aromatic carbocycles. The first-order valence-corrected chi connectivity index (χ1v) is 6.90. The number of anilines is 2. The van der Waals surface area contributed by atoms with Crippen molar-refractivity contribution in [3.63, 3.8) is 0 Å². The van der Waals surface area contributed by atoms with Crippen LogP contribution < -0.4 is 11.1 Å². The number of likely N-dealkylation sites (N-methyl/N-ethyl adjacent to an activating group) is 1. The highest BCUT2D eigenvalue weighted by molar-refractivity contribution is 6.33. The highest BCUT2D eigenvalue weighted by Gasteiger charge is 2.30. The Labute approximate surface area is 118 Å². The lowest BCUT2D eigenvalue weighted by Gasteiger charge is -2.23. The van der Waals surface area contributed by atoms with Gasteiger partial charge in [0.1, 0.15) is 0 Å². The molecule has 104 valence electrons. The predicted octanol–water partition coefficient (Wildman–Crippen LogP) is 2.59. The number of nitrogen functional groups attached to an aromatic ring is 1. The molecule has 4 nitrogen and oxygen atoms in total. The third-order valence-electron chi connectivity index (χ3n) is 3.66. The Bertz CT molecular complexity index is 474. The van der Waals surface area contributed by atoms with Gasteiger partial charge in [-0.15, -0.1) is 0 Å². The molecule has 1 aromatic rings.